The first-order chi connectivity index (χ1) is 9.24. The molecule has 0 bridgehead atoms. The average molecular weight is 262 g/mol. The van der Waals surface area contributed by atoms with E-state index in [2.05, 4.69) is 9.88 Å². The minimum absolute atomic E-state index is 0.219. The molecule has 1 amide bonds. The van der Waals surface area contributed by atoms with Crippen molar-refractivity contribution in [3.05, 3.63) is 18.2 Å². The maximum atomic E-state index is 12.3. The molecular formula is C14H22N4O. The van der Waals surface area contributed by atoms with Crippen molar-refractivity contribution in [2.45, 2.75) is 31.7 Å². The Kier molecular flexibility index (Phi) is 3.55. The average Bonchev–Trinajstić information content (AvgIpc) is 3.09. The number of carbonyl (C=O) groups is 1. The molecule has 19 heavy (non-hydrogen) atoms. The Morgan fingerprint density at radius 2 is 2.16 bits per heavy atom. The van der Waals surface area contributed by atoms with Crippen molar-refractivity contribution >= 4 is 5.91 Å². The smallest absolute Gasteiger partial charge is 0.230 e. The number of hydrogen-bond acceptors (Lipinski definition) is 3. The molecule has 5 heteroatoms. The molecule has 0 saturated carbocycles. The molecule has 2 saturated heterocycles. The van der Waals surface area contributed by atoms with Crippen LogP contribution in [0.2, 0.25) is 0 Å². The van der Waals surface area contributed by atoms with Gasteiger partial charge >= 0.3 is 0 Å². The second-order valence-corrected chi connectivity index (χ2v) is 5.66. The summed E-state index contributed by atoms with van der Waals surface area (Å²) in [7, 11) is 1.94. The van der Waals surface area contributed by atoms with Crippen LogP contribution in [0.3, 0.4) is 0 Å². The van der Waals surface area contributed by atoms with Crippen LogP contribution in [0.4, 0.5) is 0 Å². The summed E-state index contributed by atoms with van der Waals surface area (Å²) in [6, 6.07) is 0.591. The highest BCUT2D eigenvalue weighted by Crippen LogP contribution is 2.20. The third-order valence-corrected chi connectivity index (χ3v) is 4.40. The summed E-state index contributed by atoms with van der Waals surface area (Å²) in [5, 5.41) is 0. The fraction of sp³-hybridized carbons (Fsp3) is 0.714. The standard InChI is InChI=1S/C14H22N4O/c1-16-9-5-15-13(16)10-14(19)18-8-4-12(11-18)17-6-2-3-7-17/h5,9,12H,2-4,6-8,10-11H2,1H3. The highest BCUT2D eigenvalue weighted by Gasteiger charge is 2.31. The van der Waals surface area contributed by atoms with Crippen LogP contribution in [0.1, 0.15) is 25.1 Å². The van der Waals surface area contributed by atoms with Gasteiger partial charge in [-0.3, -0.25) is 9.69 Å². The number of amides is 1. The SMILES string of the molecule is Cn1ccnc1CC(=O)N1CCC(N2CCCC2)C1. The lowest BCUT2D eigenvalue weighted by molar-refractivity contribution is -0.129. The zero-order chi connectivity index (χ0) is 13.2. The number of likely N-dealkylation sites (tertiary alicyclic amines) is 2. The number of hydrogen-bond donors (Lipinski definition) is 0. The van der Waals surface area contributed by atoms with Crippen LogP contribution in [-0.4, -0.2) is 57.5 Å². The predicted octanol–water partition coefficient (Wildman–Crippen LogP) is 0.659. The summed E-state index contributed by atoms with van der Waals surface area (Å²) in [5.74, 6) is 1.07. The van der Waals surface area contributed by atoms with Gasteiger partial charge in [-0.05, 0) is 32.4 Å². The minimum Gasteiger partial charge on any atom is -0.341 e. The van der Waals surface area contributed by atoms with Gasteiger partial charge in [0, 0.05) is 38.6 Å². The maximum absolute atomic E-state index is 12.3. The summed E-state index contributed by atoms with van der Waals surface area (Å²) in [6.45, 7) is 4.24. The van der Waals surface area contributed by atoms with Crippen LogP contribution in [0.25, 0.3) is 0 Å². The molecule has 1 unspecified atom stereocenters. The van der Waals surface area contributed by atoms with Gasteiger partial charge in [-0.15, -0.1) is 0 Å². The molecule has 1 aromatic rings. The van der Waals surface area contributed by atoms with Gasteiger partial charge in [-0.25, -0.2) is 4.98 Å². The number of nitrogens with zero attached hydrogens (tertiary/aromatic N) is 4. The third-order valence-electron chi connectivity index (χ3n) is 4.40. The van der Waals surface area contributed by atoms with Gasteiger partial charge in [-0.2, -0.15) is 0 Å². The zero-order valence-corrected chi connectivity index (χ0v) is 11.6. The number of carbonyl (C=O) groups excluding carboxylic acids is 1. The van der Waals surface area contributed by atoms with Gasteiger partial charge in [0.05, 0.1) is 6.42 Å². The molecule has 0 spiro atoms. The van der Waals surface area contributed by atoms with E-state index in [1.807, 2.05) is 22.7 Å². The van der Waals surface area contributed by atoms with E-state index in [0.717, 1.165) is 25.3 Å². The van der Waals surface area contributed by atoms with Crippen LogP contribution < -0.4 is 0 Å². The predicted molar refractivity (Wildman–Crippen MR) is 72.7 cm³/mol. The third kappa shape index (κ3) is 2.66. The Balaban J connectivity index is 1.55. The van der Waals surface area contributed by atoms with E-state index in [-0.39, 0.29) is 5.91 Å². The molecule has 2 aliphatic heterocycles. The van der Waals surface area contributed by atoms with Crippen molar-refractivity contribution in [3.8, 4) is 0 Å². The van der Waals surface area contributed by atoms with E-state index < -0.39 is 0 Å². The van der Waals surface area contributed by atoms with Crippen molar-refractivity contribution in [1.82, 2.24) is 19.4 Å². The molecule has 104 valence electrons. The molecular weight excluding hydrogens is 240 g/mol. The Hall–Kier alpha value is -1.36. The number of imidazole rings is 1. The number of rotatable bonds is 3. The second kappa shape index (κ2) is 5.33. The summed E-state index contributed by atoms with van der Waals surface area (Å²) in [5.41, 5.74) is 0. The highest BCUT2D eigenvalue weighted by molar-refractivity contribution is 5.78. The van der Waals surface area contributed by atoms with Gasteiger partial charge in [0.25, 0.3) is 0 Å². The lowest BCUT2D eigenvalue weighted by Crippen LogP contribution is -2.37. The first kappa shape index (κ1) is 12.7. The first-order valence-electron chi connectivity index (χ1n) is 7.22. The minimum atomic E-state index is 0.219. The van der Waals surface area contributed by atoms with Gasteiger partial charge in [0.2, 0.25) is 5.91 Å². The van der Waals surface area contributed by atoms with Crippen molar-refractivity contribution in [2.75, 3.05) is 26.2 Å². The van der Waals surface area contributed by atoms with Crippen LogP contribution in [0.5, 0.6) is 0 Å². The fourth-order valence-corrected chi connectivity index (χ4v) is 3.19. The van der Waals surface area contributed by atoms with Crippen LogP contribution in [-0.2, 0) is 18.3 Å². The van der Waals surface area contributed by atoms with Crippen molar-refractivity contribution < 1.29 is 4.79 Å². The monoisotopic (exact) mass is 262 g/mol. The lowest BCUT2D eigenvalue weighted by Gasteiger charge is -2.23. The molecule has 1 aromatic heterocycles. The van der Waals surface area contributed by atoms with Crippen LogP contribution in [0.15, 0.2) is 12.4 Å². The summed E-state index contributed by atoms with van der Waals surface area (Å²) in [4.78, 5) is 21.1. The molecule has 3 rings (SSSR count). The lowest BCUT2D eigenvalue weighted by atomic mass is 10.2. The maximum Gasteiger partial charge on any atom is 0.230 e. The Labute approximate surface area is 114 Å². The molecule has 2 aliphatic rings. The van der Waals surface area contributed by atoms with Gasteiger partial charge < -0.3 is 9.47 Å². The number of aryl methyl sites for hydroxylation is 1. The van der Waals surface area contributed by atoms with Crippen molar-refractivity contribution in [2.24, 2.45) is 7.05 Å². The van der Waals surface area contributed by atoms with E-state index in [4.69, 9.17) is 0 Å². The normalized spacial score (nSPS) is 24.3. The first-order valence-corrected chi connectivity index (χ1v) is 7.22. The molecule has 5 nitrogen and oxygen atoms in total. The van der Waals surface area contributed by atoms with E-state index in [9.17, 15) is 4.79 Å². The van der Waals surface area contributed by atoms with Crippen LogP contribution in [0, 0.1) is 0 Å². The molecule has 3 heterocycles. The Morgan fingerprint density at radius 3 is 2.84 bits per heavy atom. The van der Waals surface area contributed by atoms with Crippen molar-refractivity contribution in [1.29, 1.82) is 0 Å². The Morgan fingerprint density at radius 1 is 1.37 bits per heavy atom. The fourth-order valence-electron chi connectivity index (χ4n) is 3.19. The molecule has 0 aromatic carbocycles. The largest absolute Gasteiger partial charge is 0.341 e. The van der Waals surface area contributed by atoms with E-state index in [1.54, 1.807) is 6.20 Å². The Bertz CT molecular complexity index is 450. The van der Waals surface area contributed by atoms with E-state index >= 15 is 0 Å². The topological polar surface area (TPSA) is 41.4 Å². The highest BCUT2D eigenvalue weighted by atomic mass is 16.2. The van der Waals surface area contributed by atoms with Crippen molar-refractivity contribution in [3.63, 3.8) is 0 Å². The molecule has 0 aliphatic carbocycles. The van der Waals surface area contributed by atoms with Crippen LogP contribution >= 0.6 is 0 Å². The van der Waals surface area contributed by atoms with Gasteiger partial charge in [0.15, 0.2) is 0 Å². The summed E-state index contributed by atoms with van der Waals surface area (Å²) < 4.78 is 1.92. The van der Waals surface area contributed by atoms with E-state index in [1.165, 1.54) is 25.9 Å². The van der Waals surface area contributed by atoms with Gasteiger partial charge in [0.1, 0.15) is 5.82 Å². The van der Waals surface area contributed by atoms with Gasteiger partial charge in [-0.1, -0.05) is 0 Å². The summed E-state index contributed by atoms with van der Waals surface area (Å²) >= 11 is 0. The quantitative estimate of drug-likeness (QED) is 0.803. The number of aromatic nitrogens is 2. The molecule has 0 N–H and O–H groups in total. The van der Waals surface area contributed by atoms with E-state index in [0.29, 0.717) is 12.5 Å². The molecule has 1 atom stereocenters. The summed E-state index contributed by atoms with van der Waals surface area (Å²) in [6.07, 6.45) is 7.83. The second-order valence-electron chi connectivity index (χ2n) is 5.66. The molecule has 2 fully saturated rings. The zero-order valence-electron chi connectivity index (χ0n) is 11.6. The molecule has 0 radical (unpaired) electrons.